The molecule has 2 rings (SSSR count). The first kappa shape index (κ1) is 14.3. The summed E-state index contributed by atoms with van der Waals surface area (Å²) >= 11 is 5.19. The van der Waals surface area contributed by atoms with E-state index in [1.165, 1.54) is 12.1 Å². The van der Waals surface area contributed by atoms with Gasteiger partial charge in [0.25, 0.3) is 0 Å². The Hall–Kier alpha value is -2.08. The average Bonchev–Trinajstić information content (AvgIpc) is 2.42. The van der Waals surface area contributed by atoms with Crippen molar-refractivity contribution in [3.8, 4) is 0 Å². The summed E-state index contributed by atoms with van der Waals surface area (Å²) in [6.07, 6.45) is 1.62. The van der Waals surface area contributed by atoms with Crippen LogP contribution in [0.15, 0.2) is 30.5 Å². The lowest BCUT2D eigenvalue weighted by molar-refractivity contribution is 0.337. The molecule has 0 radical (unpaired) electrons. The molecule has 0 aliphatic rings. The SMILES string of the molecule is CCOC(=S)c1cnc(C)nc1Nc1ccc(F)cc1. The van der Waals surface area contributed by atoms with Gasteiger partial charge in [-0.25, -0.2) is 14.4 Å². The molecule has 1 heterocycles. The molecule has 0 atom stereocenters. The summed E-state index contributed by atoms with van der Waals surface area (Å²) in [5, 5.41) is 3.43. The predicted molar refractivity (Wildman–Crippen MR) is 79.8 cm³/mol. The standard InChI is InChI=1S/C14H14FN3OS/c1-3-19-14(20)12-8-16-9(2)17-13(12)18-11-6-4-10(15)5-7-11/h4-8H,3H2,1-2H3,(H,16,17,18). The largest absolute Gasteiger partial charge is 0.483 e. The van der Waals surface area contributed by atoms with Crippen molar-refractivity contribution in [2.24, 2.45) is 0 Å². The van der Waals surface area contributed by atoms with E-state index in [1.807, 2.05) is 6.92 Å². The van der Waals surface area contributed by atoms with Crippen LogP contribution in [0.25, 0.3) is 0 Å². The van der Waals surface area contributed by atoms with Crippen molar-refractivity contribution >= 4 is 28.8 Å². The molecule has 0 bridgehead atoms. The highest BCUT2D eigenvalue weighted by atomic mass is 32.1. The fourth-order valence-corrected chi connectivity index (χ4v) is 1.86. The highest BCUT2D eigenvalue weighted by molar-refractivity contribution is 7.80. The molecular formula is C14H14FN3OS. The van der Waals surface area contributed by atoms with E-state index in [-0.39, 0.29) is 5.82 Å². The van der Waals surface area contributed by atoms with Gasteiger partial charge in [-0.1, -0.05) is 0 Å². The minimum Gasteiger partial charge on any atom is -0.483 e. The van der Waals surface area contributed by atoms with Crippen LogP contribution in [0.4, 0.5) is 15.9 Å². The van der Waals surface area contributed by atoms with Gasteiger partial charge >= 0.3 is 0 Å². The van der Waals surface area contributed by atoms with Crippen LogP contribution in [-0.4, -0.2) is 21.6 Å². The second kappa shape index (κ2) is 6.38. The Labute approximate surface area is 122 Å². The van der Waals surface area contributed by atoms with Gasteiger partial charge in [-0.2, -0.15) is 0 Å². The molecule has 0 amide bonds. The zero-order chi connectivity index (χ0) is 14.5. The van der Waals surface area contributed by atoms with Gasteiger partial charge in [-0.05, 0) is 50.3 Å². The fourth-order valence-electron chi connectivity index (χ4n) is 1.59. The molecule has 6 heteroatoms. The van der Waals surface area contributed by atoms with Gasteiger partial charge in [0.05, 0.1) is 12.2 Å². The maximum atomic E-state index is 12.9. The van der Waals surface area contributed by atoms with E-state index in [4.69, 9.17) is 17.0 Å². The van der Waals surface area contributed by atoms with Crippen molar-refractivity contribution in [2.45, 2.75) is 13.8 Å². The first-order valence-corrected chi connectivity index (χ1v) is 6.54. The molecule has 1 aromatic carbocycles. The van der Waals surface area contributed by atoms with Crippen LogP contribution in [0.1, 0.15) is 18.3 Å². The number of rotatable bonds is 4. The molecule has 1 N–H and O–H groups in total. The smallest absolute Gasteiger partial charge is 0.196 e. The number of benzene rings is 1. The van der Waals surface area contributed by atoms with Gasteiger partial charge in [0, 0.05) is 11.9 Å². The molecule has 0 fully saturated rings. The average molecular weight is 291 g/mol. The summed E-state index contributed by atoms with van der Waals surface area (Å²) in [5.41, 5.74) is 1.32. The number of nitrogens with zero attached hydrogens (tertiary/aromatic N) is 2. The van der Waals surface area contributed by atoms with Crippen molar-refractivity contribution in [1.29, 1.82) is 0 Å². The number of anilines is 2. The van der Waals surface area contributed by atoms with Gasteiger partial charge in [-0.3, -0.25) is 0 Å². The zero-order valence-electron chi connectivity index (χ0n) is 11.2. The van der Waals surface area contributed by atoms with Crippen LogP contribution in [0.5, 0.6) is 0 Å². The Morgan fingerprint density at radius 3 is 2.70 bits per heavy atom. The quantitative estimate of drug-likeness (QED) is 0.875. The van der Waals surface area contributed by atoms with Gasteiger partial charge in [0.15, 0.2) is 5.05 Å². The minimum absolute atomic E-state index is 0.292. The summed E-state index contributed by atoms with van der Waals surface area (Å²) in [7, 11) is 0. The molecule has 0 spiro atoms. The van der Waals surface area contributed by atoms with E-state index >= 15 is 0 Å². The van der Waals surface area contributed by atoms with Crippen LogP contribution in [0, 0.1) is 12.7 Å². The highest BCUT2D eigenvalue weighted by Gasteiger charge is 2.12. The van der Waals surface area contributed by atoms with Crippen molar-refractivity contribution in [3.05, 3.63) is 47.7 Å². The molecule has 0 aliphatic carbocycles. The minimum atomic E-state index is -0.292. The van der Waals surface area contributed by atoms with E-state index in [9.17, 15) is 4.39 Å². The first-order valence-electron chi connectivity index (χ1n) is 6.13. The Morgan fingerprint density at radius 2 is 2.05 bits per heavy atom. The van der Waals surface area contributed by atoms with E-state index in [0.717, 1.165) is 0 Å². The van der Waals surface area contributed by atoms with Crippen molar-refractivity contribution in [3.63, 3.8) is 0 Å². The third-order valence-electron chi connectivity index (χ3n) is 2.51. The number of nitrogens with one attached hydrogen (secondary N) is 1. The monoisotopic (exact) mass is 291 g/mol. The number of aryl methyl sites for hydroxylation is 1. The number of hydrogen-bond donors (Lipinski definition) is 1. The lowest BCUT2D eigenvalue weighted by Crippen LogP contribution is -2.10. The molecule has 0 aliphatic heterocycles. The van der Waals surface area contributed by atoms with E-state index < -0.39 is 0 Å². The molecule has 0 saturated heterocycles. The summed E-state index contributed by atoms with van der Waals surface area (Å²) in [6.45, 7) is 4.11. The van der Waals surface area contributed by atoms with Crippen molar-refractivity contribution in [2.75, 3.05) is 11.9 Å². The maximum absolute atomic E-state index is 12.9. The topological polar surface area (TPSA) is 47.0 Å². The second-order valence-electron chi connectivity index (χ2n) is 4.03. The van der Waals surface area contributed by atoms with Crippen LogP contribution < -0.4 is 5.32 Å². The maximum Gasteiger partial charge on any atom is 0.196 e. The predicted octanol–water partition coefficient (Wildman–Crippen LogP) is 3.38. The van der Waals surface area contributed by atoms with Crippen LogP contribution >= 0.6 is 12.2 Å². The number of hydrogen-bond acceptors (Lipinski definition) is 5. The van der Waals surface area contributed by atoms with Gasteiger partial charge in [0.1, 0.15) is 17.5 Å². The van der Waals surface area contributed by atoms with E-state index in [2.05, 4.69) is 15.3 Å². The van der Waals surface area contributed by atoms with Gasteiger partial charge in [-0.15, -0.1) is 0 Å². The summed E-state index contributed by atoms with van der Waals surface area (Å²) in [4.78, 5) is 8.43. The molecular weight excluding hydrogens is 277 g/mol. The van der Waals surface area contributed by atoms with Crippen molar-refractivity contribution < 1.29 is 9.13 Å². The number of halogens is 1. The summed E-state index contributed by atoms with van der Waals surface area (Å²) in [5.74, 6) is 0.861. The zero-order valence-corrected chi connectivity index (χ0v) is 12.0. The summed E-state index contributed by atoms with van der Waals surface area (Å²) < 4.78 is 18.2. The van der Waals surface area contributed by atoms with Gasteiger partial charge < -0.3 is 10.1 Å². The lowest BCUT2D eigenvalue weighted by Gasteiger charge is -2.12. The number of thiocarbonyl (C=S) groups is 1. The van der Waals surface area contributed by atoms with Crippen LogP contribution in [0.3, 0.4) is 0 Å². The first-order chi connectivity index (χ1) is 9.60. The van der Waals surface area contributed by atoms with E-state index in [1.54, 1.807) is 25.3 Å². The molecule has 20 heavy (non-hydrogen) atoms. The molecule has 104 valence electrons. The number of aromatic nitrogens is 2. The molecule has 1 aromatic heterocycles. The van der Waals surface area contributed by atoms with Crippen LogP contribution in [0.2, 0.25) is 0 Å². The molecule has 4 nitrogen and oxygen atoms in total. The summed E-state index contributed by atoms with van der Waals surface area (Å²) in [6, 6.07) is 5.99. The Bertz CT molecular complexity index is 616. The fraction of sp³-hybridized carbons (Fsp3) is 0.214. The Morgan fingerprint density at radius 1 is 1.35 bits per heavy atom. The Kier molecular flexibility index (Phi) is 4.57. The number of ether oxygens (including phenoxy) is 1. The van der Waals surface area contributed by atoms with E-state index in [0.29, 0.717) is 34.6 Å². The third-order valence-corrected chi connectivity index (χ3v) is 2.85. The molecule has 0 saturated carbocycles. The highest BCUT2D eigenvalue weighted by Crippen LogP contribution is 2.20. The van der Waals surface area contributed by atoms with Gasteiger partial charge in [0.2, 0.25) is 0 Å². The second-order valence-corrected chi connectivity index (χ2v) is 4.40. The molecule has 0 unspecified atom stereocenters. The lowest BCUT2D eigenvalue weighted by atomic mass is 10.2. The third kappa shape index (κ3) is 3.48. The normalized spacial score (nSPS) is 10.2. The van der Waals surface area contributed by atoms with Crippen molar-refractivity contribution in [1.82, 2.24) is 9.97 Å². The molecule has 2 aromatic rings. The Balaban J connectivity index is 2.31. The van der Waals surface area contributed by atoms with Crippen LogP contribution in [-0.2, 0) is 4.74 Å².